The van der Waals surface area contributed by atoms with Gasteiger partial charge in [0.15, 0.2) is 0 Å². The van der Waals surface area contributed by atoms with Crippen LogP contribution in [0.1, 0.15) is 29.4 Å². The van der Waals surface area contributed by atoms with Crippen LogP contribution in [0.5, 0.6) is 0 Å². The molecule has 104 valence electrons. The Labute approximate surface area is 127 Å². The van der Waals surface area contributed by atoms with Gasteiger partial charge in [0.05, 0.1) is 17.1 Å². The number of aromatic nitrogens is 3. The van der Waals surface area contributed by atoms with Gasteiger partial charge in [-0.3, -0.25) is 0 Å². The second-order valence-corrected chi connectivity index (χ2v) is 6.13. The van der Waals surface area contributed by atoms with Crippen LogP contribution in [0.3, 0.4) is 0 Å². The van der Waals surface area contributed by atoms with Crippen molar-refractivity contribution in [3.05, 3.63) is 46.2 Å². The van der Waals surface area contributed by atoms with Crippen LogP contribution in [0.2, 0.25) is 0 Å². The SMILES string of the molecule is Cc1cccc2nc(CCCl)n(C(C)c3nccs3)c12. The Bertz CT molecular complexity index is 718. The normalized spacial score (nSPS) is 12.9. The molecule has 0 bridgehead atoms. The first kappa shape index (κ1) is 13.6. The van der Waals surface area contributed by atoms with Gasteiger partial charge in [-0.1, -0.05) is 12.1 Å². The van der Waals surface area contributed by atoms with Gasteiger partial charge in [0, 0.05) is 23.9 Å². The summed E-state index contributed by atoms with van der Waals surface area (Å²) in [5.74, 6) is 1.61. The van der Waals surface area contributed by atoms with E-state index in [9.17, 15) is 0 Å². The van der Waals surface area contributed by atoms with Crippen LogP contribution in [-0.4, -0.2) is 20.4 Å². The zero-order valence-electron chi connectivity index (χ0n) is 11.5. The van der Waals surface area contributed by atoms with E-state index in [0.717, 1.165) is 22.8 Å². The first-order valence-corrected chi connectivity index (χ1v) is 8.05. The average Bonchev–Trinajstić information content (AvgIpc) is 3.06. The maximum absolute atomic E-state index is 5.94. The van der Waals surface area contributed by atoms with Crippen molar-refractivity contribution in [2.75, 3.05) is 5.88 Å². The summed E-state index contributed by atoms with van der Waals surface area (Å²) >= 11 is 7.62. The van der Waals surface area contributed by atoms with Gasteiger partial charge in [-0.2, -0.15) is 0 Å². The first-order valence-electron chi connectivity index (χ1n) is 6.64. The fraction of sp³-hybridized carbons (Fsp3) is 0.333. The van der Waals surface area contributed by atoms with Gasteiger partial charge in [0.2, 0.25) is 0 Å². The van der Waals surface area contributed by atoms with Gasteiger partial charge in [0.1, 0.15) is 10.8 Å². The largest absolute Gasteiger partial charge is 0.318 e. The molecule has 1 aromatic carbocycles. The first-order chi connectivity index (χ1) is 9.72. The molecule has 0 fully saturated rings. The molecular weight excluding hydrogens is 290 g/mol. The number of rotatable bonds is 4. The van der Waals surface area contributed by atoms with Gasteiger partial charge in [-0.05, 0) is 25.5 Å². The zero-order valence-corrected chi connectivity index (χ0v) is 13.1. The molecule has 3 rings (SSSR count). The molecule has 2 heterocycles. The number of aryl methyl sites for hydroxylation is 2. The van der Waals surface area contributed by atoms with Crippen molar-refractivity contribution in [2.45, 2.75) is 26.3 Å². The topological polar surface area (TPSA) is 30.7 Å². The third kappa shape index (κ3) is 2.23. The minimum Gasteiger partial charge on any atom is -0.318 e. The number of alkyl halides is 1. The van der Waals surface area contributed by atoms with Crippen LogP contribution in [0.25, 0.3) is 11.0 Å². The highest BCUT2D eigenvalue weighted by Crippen LogP contribution is 2.29. The van der Waals surface area contributed by atoms with Crippen LogP contribution in [0.4, 0.5) is 0 Å². The lowest BCUT2D eigenvalue weighted by Gasteiger charge is -2.16. The Morgan fingerprint density at radius 1 is 1.40 bits per heavy atom. The summed E-state index contributed by atoms with van der Waals surface area (Å²) < 4.78 is 2.28. The molecule has 1 unspecified atom stereocenters. The van der Waals surface area contributed by atoms with E-state index >= 15 is 0 Å². The average molecular weight is 306 g/mol. The highest BCUT2D eigenvalue weighted by atomic mass is 35.5. The van der Waals surface area contributed by atoms with Crippen LogP contribution in [0, 0.1) is 6.92 Å². The zero-order chi connectivity index (χ0) is 14.1. The minimum absolute atomic E-state index is 0.180. The molecule has 0 N–H and O–H groups in total. The van der Waals surface area contributed by atoms with Crippen LogP contribution in [0.15, 0.2) is 29.8 Å². The molecule has 2 aromatic heterocycles. The number of para-hydroxylation sites is 1. The highest BCUT2D eigenvalue weighted by Gasteiger charge is 2.19. The molecule has 0 radical (unpaired) electrons. The van der Waals surface area contributed by atoms with E-state index in [0.29, 0.717) is 5.88 Å². The number of hydrogen-bond acceptors (Lipinski definition) is 3. The summed E-state index contributed by atoms with van der Waals surface area (Å²) in [6.45, 7) is 4.30. The molecule has 1 atom stereocenters. The van der Waals surface area contributed by atoms with Gasteiger partial charge < -0.3 is 4.57 Å². The van der Waals surface area contributed by atoms with E-state index in [4.69, 9.17) is 16.6 Å². The summed E-state index contributed by atoms with van der Waals surface area (Å²) in [5.41, 5.74) is 3.46. The summed E-state index contributed by atoms with van der Waals surface area (Å²) in [6, 6.07) is 6.41. The lowest BCUT2D eigenvalue weighted by Crippen LogP contribution is -2.11. The van der Waals surface area contributed by atoms with Crippen molar-refractivity contribution < 1.29 is 0 Å². The summed E-state index contributed by atoms with van der Waals surface area (Å²) in [5, 5.41) is 3.11. The molecule has 0 aliphatic carbocycles. The van der Waals surface area contributed by atoms with Crippen molar-refractivity contribution >= 4 is 34.0 Å². The number of imidazole rings is 1. The standard InChI is InChI=1S/C15H16ClN3S/c1-10-4-3-5-12-14(10)19(13(18-12)6-7-16)11(2)15-17-8-9-20-15/h3-5,8-9,11H,6-7H2,1-2H3. The van der Waals surface area contributed by atoms with Crippen LogP contribution >= 0.6 is 22.9 Å². The van der Waals surface area contributed by atoms with E-state index < -0.39 is 0 Å². The minimum atomic E-state index is 0.180. The number of halogens is 1. The van der Waals surface area contributed by atoms with E-state index in [2.05, 4.69) is 35.5 Å². The number of hydrogen-bond donors (Lipinski definition) is 0. The van der Waals surface area contributed by atoms with Crippen molar-refractivity contribution in [3.8, 4) is 0 Å². The Morgan fingerprint density at radius 2 is 2.25 bits per heavy atom. The number of fused-ring (bicyclic) bond motifs is 1. The quantitative estimate of drug-likeness (QED) is 0.677. The van der Waals surface area contributed by atoms with Crippen molar-refractivity contribution in [3.63, 3.8) is 0 Å². The monoisotopic (exact) mass is 305 g/mol. The molecule has 3 nitrogen and oxygen atoms in total. The predicted octanol–water partition coefficient (Wildman–Crippen LogP) is 4.19. The van der Waals surface area contributed by atoms with Crippen molar-refractivity contribution in [1.82, 2.24) is 14.5 Å². The molecule has 20 heavy (non-hydrogen) atoms. The summed E-state index contributed by atoms with van der Waals surface area (Å²) in [4.78, 5) is 9.20. The fourth-order valence-electron chi connectivity index (χ4n) is 2.60. The molecule has 0 saturated heterocycles. The molecule has 0 aliphatic rings. The van der Waals surface area contributed by atoms with Gasteiger partial charge in [-0.25, -0.2) is 9.97 Å². The molecule has 0 amide bonds. The number of nitrogens with zero attached hydrogens (tertiary/aromatic N) is 3. The van der Waals surface area contributed by atoms with Crippen molar-refractivity contribution in [1.29, 1.82) is 0 Å². The second-order valence-electron chi connectivity index (χ2n) is 4.83. The lowest BCUT2D eigenvalue weighted by molar-refractivity contribution is 0.619. The molecule has 5 heteroatoms. The molecule has 0 aliphatic heterocycles. The Kier molecular flexibility index (Phi) is 3.76. The van der Waals surface area contributed by atoms with E-state index in [1.807, 2.05) is 17.6 Å². The van der Waals surface area contributed by atoms with Gasteiger partial charge >= 0.3 is 0 Å². The molecule has 0 spiro atoms. The fourth-order valence-corrected chi connectivity index (χ4v) is 3.45. The van der Waals surface area contributed by atoms with Crippen LogP contribution < -0.4 is 0 Å². The third-order valence-corrected chi connectivity index (χ3v) is 4.63. The number of benzene rings is 1. The highest BCUT2D eigenvalue weighted by molar-refractivity contribution is 7.09. The maximum Gasteiger partial charge on any atom is 0.115 e. The predicted molar refractivity (Wildman–Crippen MR) is 84.8 cm³/mol. The molecule has 0 saturated carbocycles. The third-order valence-electron chi connectivity index (χ3n) is 3.50. The summed E-state index contributed by atoms with van der Waals surface area (Å²) in [7, 11) is 0. The van der Waals surface area contributed by atoms with E-state index in [-0.39, 0.29) is 6.04 Å². The maximum atomic E-state index is 5.94. The molecule has 3 aromatic rings. The Morgan fingerprint density at radius 3 is 2.95 bits per heavy atom. The smallest absolute Gasteiger partial charge is 0.115 e. The lowest BCUT2D eigenvalue weighted by atomic mass is 10.2. The molecular formula is C15H16ClN3S. The summed E-state index contributed by atoms with van der Waals surface area (Å²) in [6.07, 6.45) is 2.62. The number of thiazole rings is 1. The van der Waals surface area contributed by atoms with Crippen molar-refractivity contribution in [2.24, 2.45) is 0 Å². The van der Waals surface area contributed by atoms with E-state index in [1.54, 1.807) is 11.3 Å². The van der Waals surface area contributed by atoms with Crippen LogP contribution in [-0.2, 0) is 6.42 Å². The Hall–Kier alpha value is -1.39. The Balaban J connectivity index is 2.23. The second kappa shape index (κ2) is 5.54. The van der Waals surface area contributed by atoms with E-state index in [1.165, 1.54) is 11.1 Å². The van der Waals surface area contributed by atoms with Gasteiger partial charge in [-0.15, -0.1) is 22.9 Å². The van der Waals surface area contributed by atoms with Gasteiger partial charge in [0.25, 0.3) is 0 Å².